The van der Waals surface area contributed by atoms with Crippen LogP contribution in [-0.2, 0) is 17.8 Å². The van der Waals surface area contributed by atoms with Crippen molar-refractivity contribution in [3.8, 4) is 0 Å². The Balaban J connectivity index is 1.92. The van der Waals surface area contributed by atoms with E-state index < -0.39 is 12.0 Å². The standard InChI is InChI=1S/C15H15NO2S/c17-15(18)14-13-6-2-1-4-11(13)7-8-16(14)10-12-5-3-9-19-12/h1-6,9,14H,7-8,10H2,(H,17,18). The van der Waals surface area contributed by atoms with E-state index >= 15 is 0 Å². The van der Waals surface area contributed by atoms with E-state index in [1.54, 1.807) is 11.3 Å². The highest BCUT2D eigenvalue weighted by molar-refractivity contribution is 7.09. The fraction of sp³-hybridized carbons (Fsp3) is 0.267. The molecule has 0 amide bonds. The van der Waals surface area contributed by atoms with Gasteiger partial charge in [-0.25, -0.2) is 0 Å². The van der Waals surface area contributed by atoms with Crippen molar-refractivity contribution in [2.45, 2.75) is 19.0 Å². The number of benzene rings is 1. The van der Waals surface area contributed by atoms with Gasteiger partial charge in [0, 0.05) is 18.0 Å². The zero-order chi connectivity index (χ0) is 13.2. The molecule has 1 aromatic heterocycles. The number of fused-ring (bicyclic) bond motifs is 1. The number of carbonyl (C=O) groups is 1. The van der Waals surface area contributed by atoms with Crippen LogP contribution in [0.2, 0.25) is 0 Å². The Morgan fingerprint density at radius 1 is 1.32 bits per heavy atom. The van der Waals surface area contributed by atoms with Crippen molar-refractivity contribution in [1.29, 1.82) is 0 Å². The molecule has 0 fully saturated rings. The number of nitrogens with zero attached hydrogens (tertiary/aromatic N) is 1. The van der Waals surface area contributed by atoms with Crippen LogP contribution in [0.25, 0.3) is 0 Å². The SMILES string of the molecule is O=C(O)C1c2ccccc2CCN1Cc1cccs1. The van der Waals surface area contributed by atoms with Gasteiger partial charge in [0.15, 0.2) is 0 Å². The Morgan fingerprint density at radius 2 is 2.16 bits per heavy atom. The van der Waals surface area contributed by atoms with E-state index in [4.69, 9.17) is 0 Å². The predicted molar refractivity (Wildman–Crippen MR) is 75.3 cm³/mol. The lowest BCUT2D eigenvalue weighted by atomic mass is 9.92. The molecule has 4 heteroatoms. The number of rotatable bonds is 3. The molecule has 3 nitrogen and oxygen atoms in total. The van der Waals surface area contributed by atoms with Crippen LogP contribution in [0.4, 0.5) is 0 Å². The molecule has 1 aliphatic heterocycles. The Kier molecular flexibility index (Phi) is 3.36. The first-order valence-electron chi connectivity index (χ1n) is 6.33. The maximum absolute atomic E-state index is 11.6. The third kappa shape index (κ3) is 2.41. The van der Waals surface area contributed by atoms with Gasteiger partial charge < -0.3 is 5.11 Å². The molecular formula is C15H15NO2S. The van der Waals surface area contributed by atoms with Crippen LogP contribution in [0.15, 0.2) is 41.8 Å². The van der Waals surface area contributed by atoms with Gasteiger partial charge in [0.2, 0.25) is 0 Å². The predicted octanol–water partition coefficient (Wildman–Crippen LogP) is 2.93. The van der Waals surface area contributed by atoms with Crippen LogP contribution in [0, 0.1) is 0 Å². The highest BCUT2D eigenvalue weighted by Crippen LogP contribution is 2.31. The van der Waals surface area contributed by atoms with E-state index in [0.717, 1.165) is 24.1 Å². The molecule has 0 bridgehead atoms. The molecule has 0 aliphatic carbocycles. The summed E-state index contributed by atoms with van der Waals surface area (Å²) in [5.74, 6) is -0.760. The van der Waals surface area contributed by atoms with E-state index in [-0.39, 0.29) is 0 Å². The molecule has 1 N–H and O–H groups in total. The van der Waals surface area contributed by atoms with Gasteiger partial charge in [-0.05, 0) is 29.0 Å². The van der Waals surface area contributed by atoms with Crippen molar-refractivity contribution in [3.63, 3.8) is 0 Å². The molecule has 2 heterocycles. The summed E-state index contributed by atoms with van der Waals surface area (Å²) in [7, 11) is 0. The van der Waals surface area contributed by atoms with Crippen LogP contribution in [0.5, 0.6) is 0 Å². The first kappa shape index (κ1) is 12.4. The van der Waals surface area contributed by atoms with Crippen LogP contribution in [0.3, 0.4) is 0 Å². The van der Waals surface area contributed by atoms with Gasteiger partial charge in [-0.2, -0.15) is 0 Å². The minimum absolute atomic E-state index is 0.521. The summed E-state index contributed by atoms with van der Waals surface area (Å²) in [4.78, 5) is 14.9. The average molecular weight is 273 g/mol. The number of hydrogen-bond donors (Lipinski definition) is 1. The molecule has 1 aromatic carbocycles. The molecule has 98 valence electrons. The van der Waals surface area contributed by atoms with Crippen LogP contribution >= 0.6 is 11.3 Å². The third-order valence-corrected chi connectivity index (χ3v) is 4.42. The van der Waals surface area contributed by atoms with Gasteiger partial charge in [-0.1, -0.05) is 30.3 Å². The molecule has 1 unspecified atom stereocenters. The molecule has 0 saturated carbocycles. The quantitative estimate of drug-likeness (QED) is 0.934. The molecule has 0 radical (unpaired) electrons. The summed E-state index contributed by atoms with van der Waals surface area (Å²) < 4.78 is 0. The molecule has 1 aliphatic rings. The van der Waals surface area contributed by atoms with Gasteiger partial charge in [0.25, 0.3) is 0 Å². The Bertz CT molecular complexity index is 580. The lowest BCUT2D eigenvalue weighted by Gasteiger charge is -2.34. The van der Waals surface area contributed by atoms with Crippen molar-refractivity contribution in [1.82, 2.24) is 4.90 Å². The third-order valence-electron chi connectivity index (χ3n) is 3.56. The fourth-order valence-electron chi connectivity index (χ4n) is 2.68. The van der Waals surface area contributed by atoms with Crippen molar-refractivity contribution in [2.24, 2.45) is 0 Å². The van der Waals surface area contributed by atoms with E-state index in [1.165, 1.54) is 4.88 Å². The summed E-state index contributed by atoms with van der Waals surface area (Å²) >= 11 is 1.68. The van der Waals surface area contributed by atoms with Gasteiger partial charge in [0.05, 0.1) is 0 Å². The zero-order valence-corrected chi connectivity index (χ0v) is 11.3. The number of carboxylic acid groups (broad SMARTS) is 1. The summed E-state index contributed by atoms with van der Waals surface area (Å²) in [5, 5.41) is 11.6. The second kappa shape index (κ2) is 5.15. The Hall–Kier alpha value is -1.65. The highest BCUT2D eigenvalue weighted by Gasteiger charge is 2.32. The number of aliphatic carboxylic acids is 1. The van der Waals surface area contributed by atoms with Crippen molar-refractivity contribution >= 4 is 17.3 Å². The molecule has 3 rings (SSSR count). The van der Waals surface area contributed by atoms with Crippen LogP contribution < -0.4 is 0 Å². The molecular weight excluding hydrogens is 258 g/mol. The van der Waals surface area contributed by atoms with Gasteiger partial charge in [-0.3, -0.25) is 9.69 Å². The van der Waals surface area contributed by atoms with Crippen molar-refractivity contribution in [3.05, 3.63) is 57.8 Å². The lowest BCUT2D eigenvalue weighted by Crippen LogP contribution is -2.39. The highest BCUT2D eigenvalue weighted by atomic mass is 32.1. The monoisotopic (exact) mass is 273 g/mol. The van der Waals surface area contributed by atoms with Gasteiger partial charge in [-0.15, -0.1) is 11.3 Å². The van der Waals surface area contributed by atoms with Crippen LogP contribution in [0.1, 0.15) is 22.0 Å². The van der Waals surface area contributed by atoms with Crippen LogP contribution in [-0.4, -0.2) is 22.5 Å². The summed E-state index contributed by atoms with van der Waals surface area (Å²) in [6, 6.07) is 11.4. The maximum atomic E-state index is 11.6. The molecule has 1 atom stereocenters. The second-order valence-electron chi connectivity index (χ2n) is 4.74. The number of hydrogen-bond acceptors (Lipinski definition) is 3. The van der Waals surface area contributed by atoms with Crippen molar-refractivity contribution in [2.75, 3.05) is 6.54 Å². The minimum Gasteiger partial charge on any atom is -0.480 e. The Morgan fingerprint density at radius 3 is 2.89 bits per heavy atom. The first-order chi connectivity index (χ1) is 9.25. The van der Waals surface area contributed by atoms with E-state index in [0.29, 0.717) is 6.54 Å². The molecule has 0 saturated heterocycles. The number of thiophene rings is 1. The van der Waals surface area contributed by atoms with Gasteiger partial charge in [0.1, 0.15) is 6.04 Å². The van der Waals surface area contributed by atoms with Crippen molar-refractivity contribution < 1.29 is 9.90 Å². The number of carboxylic acids is 1. The smallest absolute Gasteiger partial charge is 0.325 e. The second-order valence-corrected chi connectivity index (χ2v) is 5.77. The minimum atomic E-state index is -0.760. The van der Waals surface area contributed by atoms with E-state index in [9.17, 15) is 9.90 Å². The summed E-state index contributed by atoms with van der Waals surface area (Å²) in [5.41, 5.74) is 2.11. The normalized spacial score (nSPS) is 19.1. The fourth-order valence-corrected chi connectivity index (χ4v) is 3.41. The summed E-state index contributed by atoms with van der Waals surface area (Å²) in [6.45, 7) is 1.51. The topological polar surface area (TPSA) is 40.5 Å². The largest absolute Gasteiger partial charge is 0.480 e. The van der Waals surface area contributed by atoms with Gasteiger partial charge >= 0.3 is 5.97 Å². The zero-order valence-electron chi connectivity index (χ0n) is 10.5. The molecule has 0 spiro atoms. The first-order valence-corrected chi connectivity index (χ1v) is 7.21. The summed E-state index contributed by atoms with van der Waals surface area (Å²) in [6.07, 6.45) is 0.922. The maximum Gasteiger partial charge on any atom is 0.325 e. The molecule has 19 heavy (non-hydrogen) atoms. The van der Waals surface area contributed by atoms with E-state index in [1.807, 2.05) is 35.7 Å². The Labute approximate surface area is 116 Å². The molecule has 2 aromatic rings. The van der Waals surface area contributed by atoms with E-state index in [2.05, 4.69) is 11.0 Å². The average Bonchev–Trinajstić information content (AvgIpc) is 2.91. The lowest BCUT2D eigenvalue weighted by molar-refractivity contribution is -0.144.